The van der Waals surface area contributed by atoms with E-state index in [1.807, 2.05) is 32.0 Å². The van der Waals surface area contributed by atoms with E-state index in [1.54, 1.807) is 32.2 Å². The van der Waals surface area contributed by atoms with Crippen LogP contribution in [0, 0.1) is 13.8 Å². The highest BCUT2D eigenvalue weighted by atomic mass is 16.5. The molecule has 0 bridgehead atoms. The maximum Gasteiger partial charge on any atom is 0.251 e. The highest BCUT2D eigenvalue weighted by Gasteiger charge is 2.32. The van der Waals surface area contributed by atoms with E-state index in [1.165, 1.54) is 0 Å². The van der Waals surface area contributed by atoms with Crippen molar-refractivity contribution >= 4 is 5.78 Å². The summed E-state index contributed by atoms with van der Waals surface area (Å²) in [4.78, 5) is 21.9. The predicted octanol–water partition coefficient (Wildman–Crippen LogP) is 3.22. The summed E-state index contributed by atoms with van der Waals surface area (Å²) in [6.07, 6.45) is 2.62. The molecule has 2 heterocycles. The van der Waals surface area contributed by atoms with Gasteiger partial charge in [-0.3, -0.25) is 4.79 Å². The summed E-state index contributed by atoms with van der Waals surface area (Å²) in [5.74, 6) is 2.13. The van der Waals surface area contributed by atoms with Gasteiger partial charge in [-0.1, -0.05) is 0 Å². The van der Waals surface area contributed by atoms with E-state index in [2.05, 4.69) is 15.1 Å². The second-order valence-electron chi connectivity index (χ2n) is 7.35. The lowest BCUT2D eigenvalue weighted by Crippen LogP contribution is -2.21. The number of nitrogens with zero attached hydrogens (tertiary/aromatic N) is 4. The number of ether oxygens (including phenoxy) is 3. The van der Waals surface area contributed by atoms with Crippen LogP contribution in [0.2, 0.25) is 0 Å². The van der Waals surface area contributed by atoms with Crippen molar-refractivity contribution in [2.24, 2.45) is 0 Å². The number of ketones is 1. The minimum Gasteiger partial charge on any atom is -0.493 e. The smallest absolute Gasteiger partial charge is 0.251 e. The quantitative estimate of drug-likeness (QED) is 0.640. The van der Waals surface area contributed by atoms with Crippen LogP contribution in [-0.2, 0) is 6.42 Å². The normalized spacial score (nSPS) is 15.6. The fourth-order valence-corrected chi connectivity index (χ4v) is 3.99. The fourth-order valence-electron chi connectivity index (χ4n) is 3.99. The molecule has 1 aliphatic rings. The van der Waals surface area contributed by atoms with Gasteiger partial charge in [0.1, 0.15) is 0 Å². The van der Waals surface area contributed by atoms with Crippen LogP contribution >= 0.6 is 0 Å². The van der Waals surface area contributed by atoms with Crippen LogP contribution in [-0.4, -0.2) is 46.9 Å². The van der Waals surface area contributed by atoms with Crippen LogP contribution in [0.5, 0.6) is 17.2 Å². The molecule has 0 amide bonds. The molecule has 4 rings (SSSR count). The van der Waals surface area contributed by atoms with Crippen molar-refractivity contribution < 1.29 is 19.0 Å². The number of methoxy groups -OCH3 is 3. The maximum atomic E-state index is 12.9. The molecule has 156 valence electrons. The molecular weight excluding hydrogens is 384 g/mol. The van der Waals surface area contributed by atoms with Crippen LogP contribution in [0.25, 0.3) is 5.95 Å². The van der Waals surface area contributed by atoms with Gasteiger partial charge < -0.3 is 14.2 Å². The lowest BCUT2D eigenvalue weighted by atomic mass is 9.82. The van der Waals surface area contributed by atoms with Crippen LogP contribution in [0.1, 0.15) is 45.3 Å². The largest absolute Gasteiger partial charge is 0.493 e. The molecule has 0 saturated heterocycles. The van der Waals surface area contributed by atoms with Gasteiger partial charge in [-0.25, -0.2) is 14.6 Å². The average Bonchev–Trinajstić information content (AvgIpc) is 3.16. The zero-order chi connectivity index (χ0) is 21.4. The van der Waals surface area contributed by atoms with Crippen molar-refractivity contribution in [3.8, 4) is 23.2 Å². The van der Waals surface area contributed by atoms with Crippen molar-refractivity contribution in [1.82, 2.24) is 19.7 Å². The molecule has 0 N–H and O–H groups in total. The van der Waals surface area contributed by atoms with Gasteiger partial charge in [-0.2, -0.15) is 5.10 Å². The van der Waals surface area contributed by atoms with E-state index in [4.69, 9.17) is 14.2 Å². The number of aryl methyl sites for hydroxylation is 2. The van der Waals surface area contributed by atoms with Crippen LogP contribution in [0.15, 0.2) is 24.4 Å². The molecule has 0 saturated carbocycles. The summed E-state index contributed by atoms with van der Waals surface area (Å²) < 4.78 is 18.1. The minimum absolute atomic E-state index is 0.0469. The van der Waals surface area contributed by atoms with E-state index in [-0.39, 0.29) is 11.7 Å². The van der Waals surface area contributed by atoms with Crippen LogP contribution < -0.4 is 14.2 Å². The molecule has 1 unspecified atom stereocenters. The third kappa shape index (κ3) is 3.38. The van der Waals surface area contributed by atoms with Crippen molar-refractivity contribution in [3.05, 3.63) is 52.6 Å². The first kappa shape index (κ1) is 19.9. The number of carbonyl (C=O) groups is 1. The number of benzene rings is 1. The Morgan fingerprint density at radius 2 is 1.57 bits per heavy atom. The SMILES string of the molecule is COc1cc(C2CC(=O)c3cnn(-c4nc(C)cc(C)n4)c3C2)cc(OC)c1OC. The summed E-state index contributed by atoms with van der Waals surface area (Å²) in [5.41, 5.74) is 4.09. The van der Waals surface area contributed by atoms with Gasteiger partial charge in [0.2, 0.25) is 5.75 Å². The molecule has 0 fully saturated rings. The first-order valence-corrected chi connectivity index (χ1v) is 9.67. The first-order valence-electron chi connectivity index (χ1n) is 9.67. The van der Waals surface area contributed by atoms with Gasteiger partial charge >= 0.3 is 0 Å². The zero-order valence-electron chi connectivity index (χ0n) is 17.7. The van der Waals surface area contributed by atoms with Crippen LogP contribution in [0.4, 0.5) is 0 Å². The molecule has 0 aliphatic heterocycles. The molecule has 2 aromatic heterocycles. The molecule has 0 spiro atoms. The zero-order valence-corrected chi connectivity index (χ0v) is 17.7. The number of hydrogen-bond acceptors (Lipinski definition) is 7. The Hall–Kier alpha value is -3.42. The summed E-state index contributed by atoms with van der Waals surface area (Å²) in [5, 5.41) is 4.43. The molecule has 30 heavy (non-hydrogen) atoms. The topological polar surface area (TPSA) is 88.4 Å². The van der Waals surface area contributed by atoms with Crippen molar-refractivity contribution in [1.29, 1.82) is 0 Å². The second-order valence-corrected chi connectivity index (χ2v) is 7.35. The number of hydrogen-bond donors (Lipinski definition) is 0. The Morgan fingerprint density at radius 3 is 2.13 bits per heavy atom. The van der Waals surface area contributed by atoms with E-state index in [0.717, 1.165) is 22.6 Å². The van der Waals surface area contributed by atoms with Gasteiger partial charge in [0.05, 0.1) is 38.8 Å². The van der Waals surface area contributed by atoms with Gasteiger partial charge in [-0.15, -0.1) is 0 Å². The fraction of sp³-hybridized carbons (Fsp3) is 0.364. The molecule has 8 heteroatoms. The minimum atomic E-state index is -0.0555. The van der Waals surface area contributed by atoms with Gasteiger partial charge in [0.15, 0.2) is 17.3 Å². The molecule has 0 radical (unpaired) electrons. The molecule has 1 aromatic carbocycles. The third-order valence-corrected chi connectivity index (χ3v) is 5.36. The number of Topliss-reactive ketones (excluding diaryl/α,β-unsaturated/α-hetero) is 1. The number of aromatic nitrogens is 4. The summed E-state index contributed by atoms with van der Waals surface area (Å²) in [7, 11) is 4.73. The van der Waals surface area contributed by atoms with Gasteiger partial charge in [-0.05, 0) is 49.9 Å². The Morgan fingerprint density at radius 1 is 0.933 bits per heavy atom. The summed E-state index contributed by atoms with van der Waals surface area (Å²) in [6, 6.07) is 5.71. The number of rotatable bonds is 5. The van der Waals surface area contributed by atoms with Crippen molar-refractivity contribution in [2.75, 3.05) is 21.3 Å². The average molecular weight is 408 g/mol. The number of carbonyl (C=O) groups excluding carboxylic acids is 1. The molecule has 8 nitrogen and oxygen atoms in total. The predicted molar refractivity (Wildman–Crippen MR) is 110 cm³/mol. The first-order chi connectivity index (χ1) is 14.4. The second kappa shape index (κ2) is 7.78. The van der Waals surface area contributed by atoms with E-state index >= 15 is 0 Å². The maximum absolute atomic E-state index is 12.9. The Balaban J connectivity index is 1.77. The van der Waals surface area contributed by atoms with Gasteiger partial charge in [0, 0.05) is 17.8 Å². The van der Waals surface area contributed by atoms with Crippen molar-refractivity contribution in [2.45, 2.75) is 32.6 Å². The van der Waals surface area contributed by atoms with E-state index in [9.17, 15) is 4.79 Å². The van der Waals surface area contributed by atoms with Gasteiger partial charge in [0.25, 0.3) is 5.95 Å². The summed E-state index contributed by atoms with van der Waals surface area (Å²) in [6.45, 7) is 3.83. The number of fused-ring (bicyclic) bond motifs is 1. The molecule has 1 atom stereocenters. The Bertz CT molecular complexity index is 1080. The molecule has 3 aromatic rings. The highest BCUT2D eigenvalue weighted by Crippen LogP contribution is 2.42. The highest BCUT2D eigenvalue weighted by molar-refractivity contribution is 5.98. The standard InChI is InChI=1S/C22H24N4O4/c1-12-6-13(2)25-22(24-12)26-17-7-14(8-18(27)16(17)11-23-26)15-9-19(28-3)21(30-5)20(10-15)29-4/h6,9-11,14H,7-8H2,1-5H3. The molecular formula is C22H24N4O4. The molecule has 1 aliphatic carbocycles. The lowest BCUT2D eigenvalue weighted by molar-refractivity contribution is 0.0963. The monoisotopic (exact) mass is 408 g/mol. The summed E-state index contributed by atoms with van der Waals surface area (Å²) >= 11 is 0. The van der Waals surface area contributed by atoms with E-state index in [0.29, 0.717) is 41.6 Å². The van der Waals surface area contributed by atoms with E-state index < -0.39 is 0 Å². The Kier molecular flexibility index (Phi) is 5.15. The van der Waals surface area contributed by atoms with Crippen molar-refractivity contribution in [3.63, 3.8) is 0 Å². The Labute approximate surface area is 174 Å². The lowest BCUT2D eigenvalue weighted by Gasteiger charge is -2.24. The van der Waals surface area contributed by atoms with Crippen LogP contribution in [0.3, 0.4) is 0 Å². The third-order valence-electron chi connectivity index (χ3n) is 5.36.